The van der Waals surface area contributed by atoms with E-state index >= 15 is 0 Å². The van der Waals surface area contributed by atoms with Crippen LogP contribution in [0.4, 0.5) is 0 Å². The number of nitrogens with two attached hydrogens (primary N) is 1. The summed E-state index contributed by atoms with van der Waals surface area (Å²) in [6.07, 6.45) is 0. The average molecular weight is 229 g/mol. The van der Waals surface area contributed by atoms with Gasteiger partial charge in [0.25, 0.3) is 0 Å². The molecule has 0 saturated carbocycles. The minimum atomic E-state index is -0.555. The molecule has 1 amide bonds. The highest BCUT2D eigenvalue weighted by Crippen LogP contribution is 2.28. The van der Waals surface area contributed by atoms with Crippen molar-refractivity contribution in [3.05, 3.63) is 0 Å². The van der Waals surface area contributed by atoms with Gasteiger partial charge >= 0.3 is 0 Å². The lowest BCUT2D eigenvalue weighted by atomic mass is 9.84. The van der Waals surface area contributed by atoms with Crippen molar-refractivity contribution in [1.82, 2.24) is 9.80 Å². The quantitative estimate of drug-likeness (QED) is 0.697. The maximum absolute atomic E-state index is 12.2. The highest BCUT2D eigenvalue weighted by molar-refractivity contribution is 5.83. The zero-order chi connectivity index (χ0) is 12.3. The van der Waals surface area contributed by atoms with E-state index in [0.29, 0.717) is 19.8 Å². The van der Waals surface area contributed by atoms with Crippen molar-refractivity contribution in [2.45, 2.75) is 13.0 Å². The highest BCUT2D eigenvalue weighted by atomic mass is 16.5. The minimum Gasteiger partial charge on any atom is -0.379 e. The minimum absolute atomic E-state index is 0.0827. The van der Waals surface area contributed by atoms with Crippen LogP contribution in [0.1, 0.15) is 6.92 Å². The highest BCUT2D eigenvalue weighted by Gasteiger charge is 2.45. The molecule has 0 aromatic carbocycles. The average Bonchev–Trinajstić information content (AvgIpc) is 2.56. The van der Waals surface area contributed by atoms with Crippen LogP contribution in [0.5, 0.6) is 0 Å². The van der Waals surface area contributed by atoms with Crippen LogP contribution in [-0.4, -0.2) is 69.2 Å². The van der Waals surface area contributed by atoms with E-state index in [1.54, 1.807) is 4.90 Å². The van der Waals surface area contributed by atoms with Gasteiger partial charge in [-0.2, -0.15) is 0 Å². The number of rotatable bonds is 4. The standard InChI is InChI=1S/C11H23N3O2/c1-11(8-16-7-9(11)12)10(15)14(4)6-5-13(2)3/h9H,5-8,12H2,1-4H3. The molecule has 1 aliphatic heterocycles. The van der Waals surface area contributed by atoms with Gasteiger partial charge in [0.05, 0.1) is 18.6 Å². The Hall–Kier alpha value is -0.650. The van der Waals surface area contributed by atoms with Crippen LogP contribution in [0.2, 0.25) is 0 Å². The third kappa shape index (κ3) is 2.72. The lowest BCUT2D eigenvalue weighted by molar-refractivity contribution is -0.140. The van der Waals surface area contributed by atoms with E-state index in [-0.39, 0.29) is 11.9 Å². The fourth-order valence-corrected chi connectivity index (χ4v) is 1.80. The summed E-state index contributed by atoms with van der Waals surface area (Å²) < 4.78 is 5.29. The van der Waals surface area contributed by atoms with Crippen LogP contribution >= 0.6 is 0 Å². The monoisotopic (exact) mass is 229 g/mol. The summed E-state index contributed by atoms with van der Waals surface area (Å²) >= 11 is 0. The van der Waals surface area contributed by atoms with Crippen molar-refractivity contribution in [3.8, 4) is 0 Å². The largest absolute Gasteiger partial charge is 0.379 e. The molecule has 1 saturated heterocycles. The lowest BCUT2D eigenvalue weighted by Gasteiger charge is -2.31. The second-order valence-corrected chi connectivity index (χ2v) is 5.07. The van der Waals surface area contributed by atoms with E-state index in [4.69, 9.17) is 10.5 Å². The number of nitrogens with zero attached hydrogens (tertiary/aromatic N) is 2. The molecule has 1 fully saturated rings. The number of hydrogen-bond donors (Lipinski definition) is 1. The smallest absolute Gasteiger partial charge is 0.232 e. The van der Waals surface area contributed by atoms with Gasteiger partial charge in [-0.05, 0) is 21.0 Å². The molecular weight excluding hydrogens is 206 g/mol. The molecule has 0 aliphatic carbocycles. The van der Waals surface area contributed by atoms with Crippen molar-refractivity contribution >= 4 is 5.91 Å². The Bertz CT molecular complexity index is 258. The SMILES string of the molecule is CN(C)CCN(C)C(=O)C1(C)COCC1N. The first-order valence-electron chi connectivity index (χ1n) is 5.61. The van der Waals surface area contributed by atoms with Crippen LogP contribution in [0.25, 0.3) is 0 Å². The molecule has 1 heterocycles. The molecule has 94 valence electrons. The first-order valence-corrected chi connectivity index (χ1v) is 5.61. The van der Waals surface area contributed by atoms with Gasteiger partial charge in [-0.25, -0.2) is 0 Å². The molecule has 2 atom stereocenters. The van der Waals surface area contributed by atoms with Gasteiger partial charge in [0.2, 0.25) is 5.91 Å². The summed E-state index contributed by atoms with van der Waals surface area (Å²) in [7, 11) is 5.80. The third-order valence-electron chi connectivity index (χ3n) is 3.24. The van der Waals surface area contributed by atoms with Crippen LogP contribution in [0.15, 0.2) is 0 Å². The molecule has 2 unspecified atom stereocenters. The van der Waals surface area contributed by atoms with Crippen molar-refractivity contribution in [1.29, 1.82) is 0 Å². The molecule has 5 heteroatoms. The van der Waals surface area contributed by atoms with Crippen molar-refractivity contribution in [3.63, 3.8) is 0 Å². The number of hydrogen-bond acceptors (Lipinski definition) is 4. The Morgan fingerprint density at radius 1 is 1.44 bits per heavy atom. The number of likely N-dealkylation sites (N-methyl/N-ethyl adjacent to an activating group) is 2. The fourth-order valence-electron chi connectivity index (χ4n) is 1.80. The maximum Gasteiger partial charge on any atom is 0.232 e. The number of carbonyl (C=O) groups is 1. The summed E-state index contributed by atoms with van der Waals surface area (Å²) in [5.74, 6) is 0.0827. The van der Waals surface area contributed by atoms with Gasteiger partial charge in [0.15, 0.2) is 0 Å². The topological polar surface area (TPSA) is 58.8 Å². The summed E-state index contributed by atoms with van der Waals surface area (Å²) in [5, 5.41) is 0. The lowest BCUT2D eigenvalue weighted by Crippen LogP contribution is -2.51. The molecule has 0 aromatic rings. The first kappa shape index (κ1) is 13.4. The number of amides is 1. The van der Waals surface area contributed by atoms with Gasteiger partial charge in [-0.1, -0.05) is 0 Å². The van der Waals surface area contributed by atoms with Gasteiger partial charge < -0.3 is 20.3 Å². The molecule has 0 radical (unpaired) electrons. The molecule has 16 heavy (non-hydrogen) atoms. The Morgan fingerprint density at radius 3 is 2.50 bits per heavy atom. The van der Waals surface area contributed by atoms with Crippen LogP contribution in [0, 0.1) is 5.41 Å². The summed E-state index contributed by atoms with van der Waals surface area (Å²) in [4.78, 5) is 16.0. The number of ether oxygens (including phenoxy) is 1. The summed E-state index contributed by atoms with van der Waals surface area (Å²) in [6.45, 7) is 4.37. The Labute approximate surface area is 97.5 Å². The molecule has 0 aromatic heterocycles. The van der Waals surface area contributed by atoms with Gasteiger partial charge in [-0.3, -0.25) is 4.79 Å². The molecule has 2 N–H and O–H groups in total. The van der Waals surface area contributed by atoms with E-state index in [0.717, 1.165) is 6.54 Å². The third-order valence-corrected chi connectivity index (χ3v) is 3.24. The van der Waals surface area contributed by atoms with Gasteiger partial charge in [0, 0.05) is 26.2 Å². The normalized spacial score (nSPS) is 29.8. The zero-order valence-electron chi connectivity index (χ0n) is 10.7. The fraction of sp³-hybridized carbons (Fsp3) is 0.909. The van der Waals surface area contributed by atoms with E-state index in [9.17, 15) is 4.79 Å². The molecular formula is C11H23N3O2. The van der Waals surface area contributed by atoms with Crippen LogP contribution in [0.3, 0.4) is 0 Å². The van der Waals surface area contributed by atoms with Crippen molar-refractivity contribution in [2.24, 2.45) is 11.1 Å². The van der Waals surface area contributed by atoms with E-state index < -0.39 is 5.41 Å². The zero-order valence-corrected chi connectivity index (χ0v) is 10.7. The van der Waals surface area contributed by atoms with E-state index in [2.05, 4.69) is 4.90 Å². The Morgan fingerprint density at radius 2 is 2.06 bits per heavy atom. The van der Waals surface area contributed by atoms with E-state index in [1.807, 2.05) is 28.1 Å². The molecule has 0 bridgehead atoms. The number of carbonyl (C=O) groups excluding carboxylic acids is 1. The summed E-state index contributed by atoms with van der Waals surface area (Å²) in [6, 6.07) is -0.193. The summed E-state index contributed by atoms with van der Waals surface area (Å²) in [5.41, 5.74) is 5.37. The predicted molar refractivity (Wildman–Crippen MR) is 63.1 cm³/mol. The van der Waals surface area contributed by atoms with Gasteiger partial charge in [0.1, 0.15) is 0 Å². The molecule has 1 rings (SSSR count). The second kappa shape index (κ2) is 5.12. The second-order valence-electron chi connectivity index (χ2n) is 5.07. The van der Waals surface area contributed by atoms with Gasteiger partial charge in [-0.15, -0.1) is 0 Å². The maximum atomic E-state index is 12.2. The molecule has 5 nitrogen and oxygen atoms in total. The van der Waals surface area contributed by atoms with Crippen molar-refractivity contribution in [2.75, 3.05) is 47.4 Å². The Kier molecular flexibility index (Phi) is 4.29. The van der Waals surface area contributed by atoms with Crippen LogP contribution in [-0.2, 0) is 9.53 Å². The predicted octanol–water partition coefficient (Wildman–Crippen LogP) is -0.630. The molecule has 0 spiro atoms. The Balaban J connectivity index is 2.56. The first-order chi connectivity index (χ1) is 7.38. The molecule has 1 aliphatic rings. The van der Waals surface area contributed by atoms with Crippen molar-refractivity contribution < 1.29 is 9.53 Å². The van der Waals surface area contributed by atoms with Crippen LogP contribution < -0.4 is 5.73 Å². The van der Waals surface area contributed by atoms with E-state index in [1.165, 1.54) is 0 Å².